The van der Waals surface area contributed by atoms with E-state index in [1.807, 2.05) is 6.07 Å². The summed E-state index contributed by atoms with van der Waals surface area (Å²) in [6, 6.07) is 15.5. The number of halogens is 1. The van der Waals surface area contributed by atoms with Gasteiger partial charge in [0.2, 0.25) is 11.8 Å². The number of urea groups is 1. The van der Waals surface area contributed by atoms with Gasteiger partial charge in [-0.05, 0) is 56.1 Å². The van der Waals surface area contributed by atoms with Crippen LogP contribution in [0, 0.1) is 5.82 Å². The predicted molar refractivity (Wildman–Crippen MR) is 145 cm³/mol. The molecule has 2 aliphatic rings. The number of anilines is 1. The van der Waals surface area contributed by atoms with Gasteiger partial charge in [-0.2, -0.15) is 0 Å². The monoisotopic (exact) mass is 547 g/mol. The van der Waals surface area contributed by atoms with Crippen LogP contribution in [0.15, 0.2) is 66.9 Å². The number of pyridine rings is 1. The number of amides is 4. The topological polar surface area (TPSA) is 113 Å². The van der Waals surface area contributed by atoms with Crippen LogP contribution in [-0.2, 0) is 11.2 Å². The summed E-state index contributed by atoms with van der Waals surface area (Å²) in [5, 5.41) is 4.49. The molecular weight excluding hydrogens is 517 g/mol. The Bertz CT molecular complexity index is 1360. The highest BCUT2D eigenvalue weighted by atomic mass is 19.1. The van der Waals surface area contributed by atoms with Crippen LogP contribution in [0.2, 0.25) is 0 Å². The standard InChI is InChI=1S/C29H30FN5O5/c30-24-18-22(7-8-25(24)32-28(37)33-26(36)17-20-5-2-1-3-6-20)39-23-9-12-31-27(19-23)40-29(38)35-15-10-21(11-16-35)34-13-4-14-34/h1-3,5-9,12,18-19,21H,4,10-11,13-17H2,(H2,32,33,36,37). The second-order valence-electron chi connectivity index (χ2n) is 9.71. The van der Waals surface area contributed by atoms with E-state index in [9.17, 15) is 18.8 Å². The number of likely N-dealkylation sites (tertiary alicyclic amines) is 2. The van der Waals surface area contributed by atoms with Gasteiger partial charge in [-0.15, -0.1) is 0 Å². The molecule has 4 amide bonds. The van der Waals surface area contributed by atoms with Gasteiger partial charge >= 0.3 is 12.1 Å². The second kappa shape index (κ2) is 12.6. The minimum Gasteiger partial charge on any atom is -0.457 e. The quantitative estimate of drug-likeness (QED) is 0.446. The van der Waals surface area contributed by atoms with Gasteiger partial charge in [0, 0.05) is 37.5 Å². The number of aromatic nitrogens is 1. The molecule has 10 nitrogen and oxygen atoms in total. The minimum atomic E-state index is -0.848. The highest BCUT2D eigenvalue weighted by Crippen LogP contribution is 2.28. The Morgan fingerprint density at radius 3 is 2.40 bits per heavy atom. The maximum absolute atomic E-state index is 14.7. The molecule has 2 aliphatic heterocycles. The number of nitrogens with zero attached hydrogens (tertiary/aromatic N) is 3. The van der Waals surface area contributed by atoms with Crippen LogP contribution >= 0.6 is 0 Å². The first kappa shape index (κ1) is 27.1. The van der Waals surface area contributed by atoms with Gasteiger partial charge in [0.15, 0.2) is 0 Å². The number of piperidine rings is 1. The van der Waals surface area contributed by atoms with E-state index in [0.717, 1.165) is 37.6 Å². The number of hydrogen-bond acceptors (Lipinski definition) is 7. The third-order valence-corrected chi connectivity index (χ3v) is 6.91. The first-order valence-electron chi connectivity index (χ1n) is 13.2. The molecule has 0 aliphatic carbocycles. The number of nitrogens with one attached hydrogen (secondary N) is 2. The van der Waals surface area contributed by atoms with E-state index in [0.29, 0.717) is 24.9 Å². The predicted octanol–water partition coefficient (Wildman–Crippen LogP) is 4.57. The first-order valence-corrected chi connectivity index (χ1v) is 13.2. The van der Waals surface area contributed by atoms with Crippen LogP contribution in [0.25, 0.3) is 0 Å². The van der Waals surface area contributed by atoms with Crippen molar-refractivity contribution in [3.05, 3.63) is 78.2 Å². The Kier molecular flexibility index (Phi) is 8.50. The normalized spacial score (nSPS) is 15.6. The fourth-order valence-electron chi connectivity index (χ4n) is 4.69. The van der Waals surface area contributed by atoms with Gasteiger partial charge in [-0.3, -0.25) is 10.1 Å². The minimum absolute atomic E-state index is 0.0178. The summed E-state index contributed by atoms with van der Waals surface area (Å²) in [6.07, 6.45) is 4.08. The Morgan fingerprint density at radius 2 is 1.70 bits per heavy atom. The van der Waals surface area contributed by atoms with Gasteiger partial charge < -0.3 is 24.6 Å². The molecule has 0 saturated carbocycles. The number of benzene rings is 2. The van der Waals surface area contributed by atoms with Gasteiger partial charge in [0.25, 0.3) is 0 Å². The molecular formula is C29H30FN5O5. The lowest BCUT2D eigenvalue weighted by molar-refractivity contribution is -0.119. The molecule has 0 radical (unpaired) electrons. The third-order valence-electron chi connectivity index (χ3n) is 6.91. The van der Waals surface area contributed by atoms with Crippen LogP contribution in [0.5, 0.6) is 17.4 Å². The van der Waals surface area contributed by atoms with Crippen molar-refractivity contribution in [2.45, 2.75) is 31.7 Å². The molecule has 208 valence electrons. The van der Waals surface area contributed by atoms with E-state index in [-0.39, 0.29) is 23.7 Å². The molecule has 2 saturated heterocycles. The number of carbonyl (C=O) groups excluding carboxylic acids is 3. The fraction of sp³-hybridized carbons (Fsp3) is 0.310. The lowest BCUT2D eigenvalue weighted by Crippen LogP contribution is -2.51. The average Bonchev–Trinajstić information content (AvgIpc) is 2.90. The molecule has 3 heterocycles. The smallest absolute Gasteiger partial charge is 0.416 e. The van der Waals surface area contributed by atoms with Crippen LogP contribution in [-0.4, -0.2) is 65.0 Å². The molecule has 2 aromatic carbocycles. The maximum atomic E-state index is 14.7. The summed E-state index contributed by atoms with van der Waals surface area (Å²) < 4.78 is 25.8. The Morgan fingerprint density at radius 1 is 0.950 bits per heavy atom. The van der Waals surface area contributed by atoms with Crippen LogP contribution in [0.4, 0.5) is 19.7 Å². The molecule has 2 fully saturated rings. The highest BCUT2D eigenvalue weighted by Gasteiger charge is 2.30. The Hall–Kier alpha value is -4.51. The largest absolute Gasteiger partial charge is 0.457 e. The molecule has 40 heavy (non-hydrogen) atoms. The molecule has 0 bridgehead atoms. The molecule has 0 atom stereocenters. The summed E-state index contributed by atoms with van der Waals surface area (Å²) >= 11 is 0. The molecule has 0 spiro atoms. The average molecular weight is 548 g/mol. The lowest BCUT2D eigenvalue weighted by atomic mass is 10.00. The van der Waals surface area contributed by atoms with E-state index in [1.54, 1.807) is 35.2 Å². The van der Waals surface area contributed by atoms with Crippen molar-refractivity contribution < 1.29 is 28.2 Å². The summed E-state index contributed by atoms with van der Waals surface area (Å²) in [7, 11) is 0. The number of ether oxygens (including phenoxy) is 2. The van der Waals surface area contributed by atoms with E-state index >= 15 is 0 Å². The fourth-order valence-corrected chi connectivity index (χ4v) is 4.69. The molecule has 5 rings (SSSR count). The van der Waals surface area contributed by atoms with Crippen LogP contribution < -0.4 is 20.1 Å². The summed E-state index contributed by atoms with van der Waals surface area (Å²) in [6.45, 7) is 3.55. The zero-order chi connectivity index (χ0) is 27.9. The Labute approximate surface area is 231 Å². The molecule has 1 aromatic heterocycles. The van der Waals surface area contributed by atoms with Crippen molar-refractivity contribution in [1.29, 1.82) is 0 Å². The van der Waals surface area contributed by atoms with Crippen LogP contribution in [0.3, 0.4) is 0 Å². The van der Waals surface area contributed by atoms with Crippen molar-refractivity contribution in [2.75, 3.05) is 31.5 Å². The number of rotatable bonds is 7. The molecule has 0 unspecified atom stereocenters. The van der Waals surface area contributed by atoms with Crippen molar-refractivity contribution in [3.8, 4) is 17.4 Å². The van der Waals surface area contributed by atoms with Crippen molar-refractivity contribution >= 4 is 23.7 Å². The SMILES string of the molecule is O=C(Cc1ccccc1)NC(=O)Nc1ccc(Oc2ccnc(OC(=O)N3CCC(N4CCC4)CC3)c2)cc1F. The number of carbonyl (C=O) groups is 3. The summed E-state index contributed by atoms with van der Waals surface area (Å²) in [4.78, 5) is 45.1. The third kappa shape index (κ3) is 7.11. The number of hydrogen-bond donors (Lipinski definition) is 2. The summed E-state index contributed by atoms with van der Waals surface area (Å²) in [5.41, 5.74) is 0.622. The number of imide groups is 1. The highest BCUT2D eigenvalue weighted by molar-refractivity contribution is 6.01. The first-order chi connectivity index (χ1) is 19.4. The van der Waals surface area contributed by atoms with E-state index in [4.69, 9.17) is 9.47 Å². The van der Waals surface area contributed by atoms with Gasteiger partial charge in [-0.25, -0.2) is 19.0 Å². The zero-order valence-electron chi connectivity index (χ0n) is 21.8. The zero-order valence-corrected chi connectivity index (χ0v) is 21.8. The van der Waals surface area contributed by atoms with E-state index < -0.39 is 23.8 Å². The molecule has 11 heteroatoms. The van der Waals surface area contributed by atoms with Gasteiger partial charge in [0.1, 0.15) is 17.3 Å². The molecule has 3 aromatic rings. The van der Waals surface area contributed by atoms with E-state index in [1.165, 1.54) is 30.8 Å². The van der Waals surface area contributed by atoms with E-state index in [2.05, 4.69) is 20.5 Å². The van der Waals surface area contributed by atoms with Crippen molar-refractivity contribution in [2.24, 2.45) is 0 Å². The molecule has 2 N–H and O–H groups in total. The summed E-state index contributed by atoms with van der Waals surface area (Å²) in [5.74, 6) is -0.762. The van der Waals surface area contributed by atoms with Crippen LogP contribution in [0.1, 0.15) is 24.8 Å². The van der Waals surface area contributed by atoms with Crippen molar-refractivity contribution in [1.82, 2.24) is 20.1 Å². The van der Waals surface area contributed by atoms with Crippen molar-refractivity contribution in [3.63, 3.8) is 0 Å². The Balaban J connectivity index is 1.11. The maximum Gasteiger partial charge on any atom is 0.416 e. The lowest BCUT2D eigenvalue weighted by Gasteiger charge is -2.42. The van der Waals surface area contributed by atoms with Gasteiger partial charge in [0.05, 0.1) is 12.1 Å². The second-order valence-corrected chi connectivity index (χ2v) is 9.71. The van der Waals surface area contributed by atoms with Gasteiger partial charge in [-0.1, -0.05) is 30.3 Å².